The molecule has 0 N–H and O–H groups in total. The van der Waals surface area contributed by atoms with Crippen molar-refractivity contribution in [3.8, 4) is 0 Å². The molecule has 0 aromatic heterocycles. The van der Waals surface area contributed by atoms with Gasteiger partial charge in [0.2, 0.25) is 0 Å². The summed E-state index contributed by atoms with van der Waals surface area (Å²) in [4.78, 5) is 12.4. The molecule has 0 bridgehead atoms. The molecule has 18 heavy (non-hydrogen) atoms. The van der Waals surface area contributed by atoms with Gasteiger partial charge in [-0.05, 0) is 60.1 Å². The fourth-order valence-corrected chi connectivity index (χ4v) is 3.16. The Morgan fingerprint density at radius 2 is 1.56 bits per heavy atom. The second-order valence-corrected chi connectivity index (χ2v) is 6.10. The van der Waals surface area contributed by atoms with Crippen molar-refractivity contribution in [3.05, 3.63) is 67.6 Å². The van der Waals surface area contributed by atoms with Crippen LogP contribution in [0.1, 0.15) is 27.0 Å². The molecule has 0 spiro atoms. The van der Waals surface area contributed by atoms with Gasteiger partial charge in [-0.15, -0.1) is 0 Å². The lowest BCUT2D eigenvalue weighted by molar-refractivity contribution is 0.103. The number of aryl methyl sites for hydroxylation is 2. The number of rotatable bonds is 2. The molecule has 0 aliphatic rings. The monoisotopic (exact) mass is 366 g/mol. The summed E-state index contributed by atoms with van der Waals surface area (Å²) in [7, 11) is 0. The van der Waals surface area contributed by atoms with Crippen LogP contribution in [0.25, 0.3) is 0 Å². The minimum atomic E-state index is 0.0428. The molecule has 0 heterocycles. The zero-order valence-electron chi connectivity index (χ0n) is 10.1. The van der Waals surface area contributed by atoms with Gasteiger partial charge in [0.1, 0.15) is 0 Å². The zero-order valence-corrected chi connectivity index (χ0v) is 13.3. The third kappa shape index (κ3) is 2.90. The summed E-state index contributed by atoms with van der Waals surface area (Å²) >= 11 is 6.81. The van der Waals surface area contributed by atoms with Crippen LogP contribution in [0.3, 0.4) is 0 Å². The molecule has 92 valence electrons. The Labute approximate surface area is 123 Å². The van der Waals surface area contributed by atoms with Crippen molar-refractivity contribution in [1.82, 2.24) is 0 Å². The summed E-state index contributed by atoms with van der Waals surface area (Å²) in [5, 5.41) is 0. The van der Waals surface area contributed by atoms with E-state index in [2.05, 4.69) is 37.9 Å². The summed E-state index contributed by atoms with van der Waals surface area (Å²) in [5.74, 6) is 0.0428. The second-order valence-electron chi connectivity index (χ2n) is 4.33. The maximum atomic E-state index is 12.4. The molecule has 0 saturated heterocycles. The van der Waals surface area contributed by atoms with E-state index in [1.165, 1.54) is 0 Å². The molecule has 0 saturated carbocycles. The Morgan fingerprint density at radius 3 is 2.11 bits per heavy atom. The average molecular weight is 368 g/mol. The van der Waals surface area contributed by atoms with E-state index in [1.807, 2.05) is 44.2 Å². The number of ketones is 1. The smallest absolute Gasteiger partial charge is 0.194 e. The minimum absolute atomic E-state index is 0.0428. The molecule has 0 atom stereocenters. The number of carbonyl (C=O) groups excluding carboxylic acids is 1. The van der Waals surface area contributed by atoms with Crippen LogP contribution in [0.15, 0.2) is 45.3 Å². The van der Waals surface area contributed by atoms with Crippen molar-refractivity contribution in [1.29, 1.82) is 0 Å². The van der Waals surface area contributed by atoms with Crippen molar-refractivity contribution in [2.75, 3.05) is 0 Å². The van der Waals surface area contributed by atoms with Crippen LogP contribution in [-0.4, -0.2) is 5.78 Å². The van der Waals surface area contributed by atoms with Crippen molar-refractivity contribution >= 4 is 37.6 Å². The molecule has 2 aromatic rings. The van der Waals surface area contributed by atoms with Crippen molar-refractivity contribution < 1.29 is 4.79 Å². The van der Waals surface area contributed by atoms with Crippen LogP contribution in [-0.2, 0) is 0 Å². The Bertz CT molecular complexity index is 598. The number of halogens is 2. The van der Waals surface area contributed by atoms with E-state index in [1.54, 1.807) is 0 Å². The van der Waals surface area contributed by atoms with E-state index in [9.17, 15) is 4.79 Å². The predicted octanol–water partition coefficient (Wildman–Crippen LogP) is 5.06. The van der Waals surface area contributed by atoms with Gasteiger partial charge in [0.15, 0.2) is 5.78 Å². The molecular formula is C15H12Br2O. The first kappa shape index (κ1) is 13.5. The van der Waals surface area contributed by atoms with Crippen LogP contribution >= 0.6 is 31.9 Å². The van der Waals surface area contributed by atoms with Gasteiger partial charge in [0.05, 0.1) is 0 Å². The van der Waals surface area contributed by atoms with Crippen LogP contribution in [0.5, 0.6) is 0 Å². The second kappa shape index (κ2) is 5.37. The quantitative estimate of drug-likeness (QED) is 0.678. The highest BCUT2D eigenvalue weighted by atomic mass is 79.9. The normalized spacial score (nSPS) is 10.4. The highest BCUT2D eigenvalue weighted by Gasteiger charge is 2.13. The van der Waals surface area contributed by atoms with Gasteiger partial charge in [-0.2, -0.15) is 0 Å². The van der Waals surface area contributed by atoms with Crippen molar-refractivity contribution in [2.45, 2.75) is 13.8 Å². The largest absolute Gasteiger partial charge is 0.289 e. The van der Waals surface area contributed by atoms with Gasteiger partial charge in [0.25, 0.3) is 0 Å². The van der Waals surface area contributed by atoms with Gasteiger partial charge < -0.3 is 0 Å². The molecule has 2 rings (SSSR count). The maximum absolute atomic E-state index is 12.4. The SMILES string of the molecule is Cc1cc(C)cc(C(=O)c2ccc(Br)cc2Br)c1. The zero-order chi connectivity index (χ0) is 13.3. The topological polar surface area (TPSA) is 17.1 Å². The van der Waals surface area contributed by atoms with E-state index in [4.69, 9.17) is 0 Å². The summed E-state index contributed by atoms with van der Waals surface area (Å²) in [6.45, 7) is 4.00. The fraction of sp³-hybridized carbons (Fsp3) is 0.133. The maximum Gasteiger partial charge on any atom is 0.194 e. The first-order valence-corrected chi connectivity index (χ1v) is 7.14. The molecule has 0 amide bonds. The minimum Gasteiger partial charge on any atom is -0.289 e. The standard InChI is InChI=1S/C15H12Br2O/c1-9-5-10(2)7-11(6-9)15(18)13-4-3-12(16)8-14(13)17/h3-8H,1-2H3. The molecule has 0 unspecified atom stereocenters. The molecule has 2 aromatic carbocycles. The third-order valence-electron chi connectivity index (χ3n) is 2.66. The molecule has 3 heteroatoms. The lowest BCUT2D eigenvalue weighted by atomic mass is 9.99. The van der Waals surface area contributed by atoms with E-state index in [-0.39, 0.29) is 5.78 Å². The summed E-state index contributed by atoms with van der Waals surface area (Å²) < 4.78 is 1.76. The van der Waals surface area contributed by atoms with Gasteiger partial charge in [-0.3, -0.25) is 4.79 Å². The highest BCUT2D eigenvalue weighted by molar-refractivity contribution is 9.11. The van der Waals surface area contributed by atoms with Crippen LogP contribution in [0.2, 0.25) is 0 Å². The van der Waals surface area contributed by atoms with Gasteiger partial charge in [-0.1, -0.05) is 33.1 Å². The Kier molecular flexibility index (Phi) is 4.03. The lowest BCUT2D eigenvalue weighted by Crippen LogP contribution is -2.03. The third-order valence-corrected chi connectivity index (χ3v) is 3.81. The van der Waals surface area contributed by atoms with Crippen molar-refractivity contribution in [3.63, 3.8) is 0 Å². The molecular weight excluding hydrogens is 356 g/mol. The Balaban J connectivity index is 2.47. The lowest BCUT2D eigenvalue weighted by Gasteiger charge is -2.06. The number of benzene rings is 2. The summed E-state index contributed by atoms with van der Waals surface area (Å²) in [6.07, 6.45) is 0. The van der Waals surface area contributed by atoms with Gasteiger partial charge in [-0.25, -0.2) is 0 Å². The highest BCUT2D eigenvalue weighted by Crippen LogP contribution is 2.24. The molecule has 0 radical (unpaired) electrons. The Morgan fingerprint density at radius 1 is 0.944 bits per heavy atom. The van der Waals surface area contributed by atoms with Gasteiger partial charge in [0, 0.05) is 20.1 Å². The summed E-state index contributed by atoms with van der Waals surface area (Å²) in [6, 6.07) is 11.5. The van der Waals surface area contributed by atoms with Crippen LogP contribution in [0, 0.1) is 13.8 Å². The number of hydrogen-bond acceptors (Lipinski definition) is 1. The molecule has 0 aliphatic heterocycles. The van der Waals surface area contributed by atoms with E-state index >= 15 is 0 Å². The predicted molar refractivity (Wildman–Crippen MR) is 81.2 cm³/mol. The van der Waals surface area contributed by atoms with Gasteiger partial charge >= 0.3 is 0 Å². The van der Waals surface area contributed by atoms with E-state index < -0.39 is 0 Å². The average Bonchev–Trinajstić information content (AvgIpc) is 2.26. The Hall–Kier alpha value is -0.930. The molecule has 1 nitrogen and oxygen atoms in total. The number of hydrogen-bond donors (Lipinski definition) is 0. The summed E-state index contributed by atoms with van der Waals surface area (Å²) in [5.41, 5.74) is 3.62. The molecule has 0 fully saturated rings. The van der Waals surface area contributed by atoms with Crippen LogP contribution in [0.4, 0.5) is 0 Å². The van der Waals surface area contributed by atoms with E-state index in [0.717, 1.165) is 25.6 Å². The first-order valence-electron chi connectivity index (χ1n) is 5.55. The first-order chi connectivity index (χ1) is 8.47. The number of carbonyl (C=O) groups is 1. The van der Waals surface area contributed by atoms with Crippen molar-refractivity contribution in [2.24, 2.45) is 0 Å². The van der Waals surface area contributed by atoms with Crippen LogP contribution < -0.4 is 0 Å². The van der Waals surface area contributed by atoms with E-state index in [0.29, 0.717) is 5.56 Å². The fourth-order valence-electron chi connectivity index (χ4n) is 1.93. The molecule has 0 aliphatic carbocycles.